The number of ether oxygens (including phenoxy) is 1. The van der Waals surface area contributed by atoms with Crippen molar-refractivity contribution in [2.24, 2.45) is 28.6 Å². The molecule has 0 N–H and O–H groups in total. The third-order valence-electron chi connectivity index (χ3n) is 7.83. The third-order valence-corrected chi connectivity index (χ3v) is 7.83. The second-order valence-electron chi connectivity index (χ2n) is 9.21. The standard InChI is InChI=1S/C23H27FO4/c1-13(25)28-12-21(27)18-5-4-16-15-11-20(24)19-10-14(26)6-8-23(19,3)17(15)7-9-22(16,18)2/h5-6,8,10,15-17,20H,4,7,9,11-12H2,1-3H3/t15-,16-,17-,20?,22-,23+/m0/s1. The number of esters is 1. The molecule has 0 aromatic heterocycles. The summed E-state index contributed by atoms with van der Waals surface area (Å²) in [5.74, 6) is -0.106. The number of carbonyl (C=O) groups is 3. The predicted octanol–water partition coefficient (Wildman–Crippen LogP) is 3.91. The van der Waals surface area contributed by atoms with Crippen molar-refractivity contribution in [1.82, 2.24) is 0 Å². The second kappa shape index (κ2) is 6.50. The lowest BCUT2D eigenvalue weighted by Gasteiger charge is -2.57. The Morgan fingerprint density at radius 2 is 2.04 bits per heavy atom. The number of hydrogen-bond acceptors (Lipinski definition) is 4. The summed E-state index contributed by atoms with van der Waals surface area (Å²) >= 11 is 0. The maximum absolute atomic E-state index is 15.2. The van der Waals surface area contributed by atoms with Crippen LogP contribution in [0, 0.1) is 28.6 Å². The normalized spacial score (nSPS) is 41.4. The predicted molar refractivity (Wildman–Crippen MR) is 102 cm³/mol. The summed E-state index contributed by atoms with van der Waals surface area (Å²) in [5.41, 5.74) is 0.641. The summed E-state index contributed by atoms with van der Waals surface area (Å²) in [6.07, 6.45) is 8.74. The number of rotatable bonds is 3. The number of carbonyl (C=O) groups excluding carboxylic acids is 3. The fraction of sp³-hybridized carbons (Fsp3) is 0.609. The fourth-order valence-corrected chi connectivity index (χ4v) is 6.45. The summed E-state index contributed by atoms with van der Waals surface area (Å²) in [6, 6.07) is 0. The molecule has 5 heteroatoms. The van der Waals surface area contributed by atoms with Gasteiger partial charge in [-0.3, -0.25) is 14.4 Å². The minimum absolute atomic E-state index is 0.130. The second-order valence-corrected chi connectivity index (χ2v) is 9.21. The number of hydrogen-bond donors (Lipinski definition) is 0. The van der Waals surface area contributed by atoms with Crippen molar-refractivity contribution < 1.29 is 23.5 Å². The minimum Gasteiger partial charge on any atom is -0.457 e. The van der Waals surface area contributed by atoms with Gasteiger partial charge in [-0.15, -0.1) is 0 Å². The van der Waals surface area contributed by atoms with Crippen molar-refractivity contribution in [2.75, 3.05) is 6.61 Å². The Hall–Kier alpha value is -2.04. The van der Waals surface area contributed by atoms with Gasteiger partial charge < -0.3 is 4.74 Å². The fourth-order valence-electron chi connectivity index (χ4n) is 6.45. The van der Waals surface area contributed by atoms with E-state index in [1.807, 2.05) is 12.2 Å². The highest BCUT2D eigenvalue weighted by molar-refractivity contribution is 6.01. The van der Waals surface area contributed by atoms with Gasteiger partial charge in [-0.25, -0.2) is 4.39 Å². The SMILES string of the molecule is CC(=O)OCC(=O)C1=CC[C@H]2[C@@H]3CC(F)C4=CC(=O)C=C[C@]4(C)[C@H]3CC[C@]12C. The molecule has 2 saturated carbocycles. The lowest BCUT2D eigenvalue weighted by molar-refractivity contribution is -0.145. The van der Waals surface area contributed by atoms with Crippen molar-refractivity contribution in [2.45, 2.75) is 52.6 Å². The largest absolute Gasteiger partial charge is 0.457 e. The van der Waals surface area contributed by atoms with Crippen molar-refractivity contribution in [3.05, 3.63) is 35.5 Å². The molecule has 0 saturated heterocycles. The van der Waals surface area contributed by atoms with E-state index in [4.69, 9.17) is 4.74 Å². The first kappa shape index (κ1) is 19.3. The van der Waals surface area contributed by atoms with Crippen LogP contribution in [0.1, 0.15) is 46.5 Å². The van der Waals surface area contributed by atoms with E-state index < -0.39 is 17.6 Å². The number of Topliss-reactive ketones (excluding diaryl/α,β-unsaturated/α-hetero) is 1. The van der Waals surface area contributed by atoms with Gasteiger partial charge in [0.05, 0.1) is 0 Å². The Morgan fingerprint density at radius 1 is 1.29 bits per heavy atom. The van der Waals surface area contributed by atoms with Crippen LogP contribution in [0.5, 0.6) is 0 Å². The molecule has 0 aromatic carbocycles. The lowest BCUT2D eigenvalue weighted by Crippen LogP contribution is -2.52. The van der Waals surface area contributed by atoms with Crippen molar-refractivity contribution in [3.63, 3.8) is 0 Å². The maximum atomic E-state index is 15.2. The van der Waals surface area contributed by atoms with Gasteiger partial charge in [-0.2, -0.15) is 0 Å². The van der Waals surface area contributed by atoms with Crippen LogP contribution in [0.25, 0.3) is 0 Å². The molecule has 4 aliphatic rings. The van der Waals surface area contributed by atoms with Crippen molar-refractivity contribution >= 4 is 17.5 Å². The summed E-state index contributed by atoms with van der Waals surface area (Å²) in [7, 11) is 0. The Bertz CT molecular complexity index is 838. The van der Waals surface area contributed by atoms with E-state index in [0.717, 1.165) is 24.8 Å². The molecule has 1 unspecified atom stereocenters. The number of allylic oxidation sites excluding steroid dienone is 5. The molecule has 4 aliphatic carbocycles. The first-order chi connectivity index (χ1) is 13.2. The molecular weight excluding hydrogens is 359 g/mol. The molecule has 0 spiro atoms. The Morgan fingerprint density at radius 3 is 2.75 bits per heavy atom. The zero-order valence-electron chi connectivity index (χ0n) is 16.7. The highest BCUT2D eigenvalue weighted by atomic mass is 19.1. The molecule has 0 heterocycles. The molecule has 0 radical (unpaired) electrons. The van der Waals surface area contributed by atoms with E-state index in [9.17, 15) is 14.4 Å². The van der Waals surface area contributed by atoms with E-state index in [0.29, 0.717) is 12.0 Å². The summed E-state index contributed by atoms with van der Waals surface area (Å²) in [5, 5.41) is 0. The van der Waals surface area contributed by atoms with Crippen molar-refractivity contribution in [3.8, 4) is 0 Å². The smallest absolute Gasteiger partial charge is 0.303 e. The average Bonchev–Trinajstić information content (AvgIpc) is 2.99. The van der Waals surface area contributed by atoms with Crippen LogP contribution in [-0.4, -0.2) is 30.3 Å². The monoisotopic (exact) mass is 386 g/mol. The molecule has 0 bridgehead atoms. The number of fused-ring (bicyclic) bond motifs is 5. The highest BCUT2D eigenvalue weighted by Crippen LogP contribution is 2.65. The molecule has 28 heavy (non-hydrogen) atoms. The van der Waals surface area contributed by atoms with Gasteiger partial charge in [-0.05, 0) is 66.6 Å². The average molecular weight is 386 g/mol. The molecular formula is C23H27FO4. The van der Waals surface area contributed by atoms with Gasteiger partial charge >= 0.3 is 5.97 Å². The van der Waals surface area contributed by atoms with Crippen LogP contribution < -0.4 is 0 Å². The van der Waals surface area contributed by atoms with Crippen LogP contribution >= 0.6 is 0 Å². The topological polar surface area (TPSA) is 60.4 Å². The number of alkyl halides is 1. The quantitative estimate of drug-likeness (QED) is 0.690. The van der Waals surface area contributed by atoms with Crippen LogP contribution in [0.2, 0.25) is 0 Å². The Labute approximate surface area is 164 Å². The van der Waals surface area contributed by atoms with E-state index >= 15 is 4.39 Å². The van der Waals surface area contributed by atoms with Crippen LogP contribution in [0.15, 0.2) is 35.5 Å². The molecule has 0 aliphatic heterocycles. The zero-order chi connectivity index (χ0) is 20.3. The molecule has 6 atom stereocenters. The Balaban J connectivity index is 1.61. The van der Waals surface area contributed by atoms with Crippen LogP contribution in [0.4, 0.5) is 4.39 Å². The van der Waals surface area contributed by atoms with Gasteiger partial charge in [0.15, 0.2) is 18.2 Å². The number of ketones is 2. The number of halogens is 1. The van der Waals surface area contributed by atoms with Gasteiger partial charge in [0.2, 0.25) is 0 Å². The molecule has 0 aromatic rings. The van der Waals surface area contributed by atoms with Crippen molar-refractivity contribution in [1.29, 1.82) is 0 Å². The van der Waals surface area contributed by atoms with Gasteiger partial charge in [0.25, 0.3) is 0 Å². The Kier molecular flexibility index (Phi) is 4.48. The van der Waals surface area contributed by atoms with Crippen LogP contribution in [0.3, 0.4) is 0 Å². The van der Waals surface area contributed by atoms with Crippen LogP contribution in [-0.2, 0) is 19.1 Å². The van der Waals surface area contributed by atoms with E-state index in [-0.39, 0.29) is 41.3 Å². The van der Waals surface area contributed by atoms with Gasteiger partial charge in [0.1, 0.15) is 6.17 Å². The van der Waals surface area contributed by atoms with E-state index in [1.165, 1.54) is 13.0 Å². The van der Waals surface area contributed by atoms with E-state index in [1.54, 1.807) is 6.08 Å². The molecule has 150 valence electrons. The summed E-state index contributed by atoms with van der Waals surface area (Å²) < 4.78 is 20.1. The molecule has 4 nitrogen and oxygen atoms in total. The minimum atomic E-state index is -1.12. The molecule has 0 amide bonds. The summed E-state index contributed by atoms with van der Waals surface area (Å²) in [6.45, 7) is 5.24. The van der Waals surface area contributed by atoms with Gasteiger partial charge in [0, 0.05) is 17.9 Å². The third kappa shape index (κ3) is 2.73. The first-order valence-corrected chi connectivity index (χ1v) is 10.1. The summed E-state index contributed by atoms with van der Waals surface area (Å²) in [4.78, 5) is 35.6. The molecule has 2 fully saturated rings. The van der Waals surface area contributed by atoms with Gasteiger partial charge in [-0.1, -0.05) is 26.0 Å². The zero-order valence-corrected chi connectivity index (χ0v) is 16.7. The first-order valence-electron chi connectivity index (χ1n) is 10.1. The van der Waals surface area contributed by atoms with E-state index in [2.05, 4.69) is 13.8 Å². The maximum Gasteiger partial charge on any atom is 0.303 e. The highest BCUT2D eigenvalue weighted by Gasteiger charge is 2.59. The molecule has 4 rings (SSSR count). The lowest BCUT2D eigenvalue weighted by atomic mass is 9.47.